The van der Waals surface area contributed by atoms with Crippen molar-refractivity contribution < 1.29 is 4.84 Å². The van der Waals surface area contributed by atoms with Crippen molar-refractivity contribution in [3.05, 3.63) is 48.2 Å². The monoisotopic (exact) mass is 216 g/mol. The molecule has 0 atom stereocenters. The number of rotatable bonds is 3. The number of hydrogen-bond acceptors (Lipinski definition) is 3. The third kappa shape index (κ3) is 2.86. The van der Waals surface area contributed by atoms with Crippen LogP contribution < -0.4 is 0 Å². The normalized spacial score (nSPS) is 17.8. The molecule has 1 aliphatic rings. The molecule has 3 heteroatoms. The van der Waals surface area contributed by atoms with E-state index in [1.165, 1.54) is 5.56 Å². The minimum absolute atomic E-state index is 0.942. The summed E-state index contributed by atoms with van der Waals surface area (Å²) in [5.41, 5.74) is 2.34. The Morgan fingerprint density at radius 1 is 1.31 bits per heavy atom. The fourth-order valence-corrected chi connectivity index (χ4v) is 1.75. The maximum atomic E-state index is 4.75. The largest absolute Gasteiger partial charge is 0.399 e. The Hall–Kier alpha value is -1.77. The molecule has 0 N–H and O–H groups in total. The Labute approximate surface area is 96.0 Å². The lowest BCUT2D eigenvalue weighted by molar-refractivity contribution is 0.212. The average molecular weight is 216 g/mol. The van der Waals surface area contributed by atoms with Crippen molar-refractivity contribution in [2.75, 3.05) is 13.7 Å². The van der Waals surface area contributed by atoms with E-state index >= 15 is 0 Å². The molecule has 84 valence electrons. The number of benzene rings is 1. The van der Waals surface area contributed by atoms with E-state index in [2.05, 4.69) is 40.5 Å². The fourth-order valence-electron chi connectivity index (χ4n) is 1.75. The van der Waals surface area contributed by atoms with E-state index in [-0.39, 0.29) is 0 Å². The minimum atomic E-state index is 0.942. The highest BCUT2D eigenvalue weighted by Crippen LogP contribution is 2.10. The van der Waals surface area contributed by atoms with Crippen LogP contribution in [0.25, 0.3) is 0 Å². The minimum Gasteiger partial charge on any atom is -0.399 e. The van der Waals surface area contributed by atoms with E-state index in [1.807, 2.05) is 12.1 Å². The molecule has 3 nitrogen and oxygen atoms in total. The highest BCUT2D eigenvalue weighted by molar-refractivity contribution is 5.95. The molecule has 0 aromatic heterocycles. The van der Waals surface area contributed by atoms with E-state index in [0.29, 0.717) is 0 Å². The van der Waals surface area contributed by atoms with Gasteiger partial charge in [-0.05, 0) is 11.6 Å². The summed E-state index contributed by atoms with van der Waals surface area (Å²) in [7, 11) is 1.58. The van der Waals surface area contributed by atoms with E-state index < -0.39 is 0 Å². The van der Waals surface area contributed by atoms with Crippen LogP contribution in [0.2, 0.25) is 0 Å². The van der Waals surface area contributed by atoms with E-state index in [0.717, 1.165) is 25.2 Å². The van der Waals surface area contributed by atoms with Crippen LogP contribution in [0.15, 0.2) is 47.8 Å². The molecule has 0 unspecified atom stereocenters. The molecule has 0 spiro atoms. The Balaban J connectivity index is 1.94. The first kappa shape index (κ1) is 10.7. The second-order valence-corrected chi connectivity index (χ2v) is 3.79. The van der Waals surface area contributed by atoms with Crippen LogP contribution in [0.1, 0.15) is 12.0 Å². The molecule has 0 radical (unpaired) electrons. The average Bonchev–Trinajstić information content (AvgIpc) is 2.33. The molecule has 0 saturated carbocycles. The SMILES string of the molecule is CO/N=C1\C=CN(Cc2ccccc2)CC1. The molecule has 0 saturated heterocycles. The van der Waals surface area contributed by atoms with Gasteiger partial charge in [-0.1, -0.05) is 35.5 Å². The van der Waals surface area contributed by atoms with Gasteiger partial charge in [0, 0.05) is 25.7 Å². The maximum absolute atomic E-state index is 4.75. The molecule has 16 heavy (non-hydrogen) atoms. The van der Waals surface area contributed by atoms with Crippen molar-refractivity contribution in [1.29, 1.82) is 0 Å². The number of oxime groups is 1. The van der Waals surface area contributed by atoms with E-state index in [4.69, 9.17) is 4.84 Å². The summed E-state index contributed by atoms with van der Waals surface area (Å²) in [6.45, 7) is 1.95. The zero-order chi connectivity index (χ0) is 11.2. The smallest absolute Gasteiger partial charge is 0.106 e. The van der Waals surface area contributed by atoms with Crippen molar-refractivity contribution in [2.45, 2.75) is 13.0 Å². The molecule has 0 bridgehead atoms. The van der Waals surface area contributed by atoms with Crippen LogP contribution in [0, 0.1) is 0 Å². The molecule has 1 aromatic rings. The topological polar surface area (TPSA) is 24.8 Å². The molecular weight excluding hydrogens is 200 g/mol. The van der Waals surface area contributed by atoms with Crippen LogP contribution >= 0.6 is 0 Å². The van der Waals surface area contributed by atoms with Gasteiger partial charge in [0.1, 0.15) is 7.11 Å². The lowest BCUT2D eigenvalue weighted by Gasteiger charge is -2.23. The number of hydrogen-bond donors (Lipinski definition) is 0. The maximum Gasteiger partial charge on any atom is 0.106 e. The van der Waals surface area contributed by atoms with Crippen LogP contribution in [-0.2, 0) is 11.4 Å². The van der Waals surface area contributed by atoms with Gasteiger partial charge in [-0.25, -0.2) is 0 Å². The zero-order valence-corrected chi connectivity index (χ0v) is 9.47. The number of nitrogens with zero attached hydrogens (tertiary/aromatic N) is 2. The third-order valence-electron chi connectivity index (χ3n) is 2.57. The standard InChI is InChI=1S/C13H16N2O/c1-16-14-13-7-9-15(10-8-13)11-12-5-3-2-4-6-12/h2-7,9H,8,10-11H2,1H3/b14-13+. The summed E-state index contributed by atoms with van der Waals surface area (Å²) in [4.78, 5) is 7.03. The van der Waals surface area contributed by atoms with Crippen molar-refractivity contribution >= 4 is 5.71 Å². The van der Waals surface area contributed by atoms with Crippen LogP contribution in [0.4, 0.5) is 0 Å². The highest BCUT2D eigenvalue weighted by Gasteiger charge is 2.08. The van der Waals surface area contributed by atoms with Gasteiger partial charge >= 0.3 is 0 Å². The summed E-state index contributed by atoms with van der Waals surface area (Å²) < 4.78 is 0. The predicted molar refractivity (Wildman–Crippen MR) is 65.1 cm³/mol. The molecule has 1 heterocycles. The Bertz CT molecular complexity index is 384. The summed E-state index contributed by atoms with van der Waals surface area (Å²) in [6, 6.07) is 10.5. The molecule has 0 amide bonds. The van der Waals surface area contributed by atoms with E-state index in [9.17, 15) is 0 Å². The molecular formula is C13H16N2O. The van der Waals surface area contributed by atoms with Crippen LogP contribution in [0.3, 0.4) is 0 Å². The van der Waals surface area contributed by atoms with Gasteiger partial charge in [0.2, 0.25) is 0 Å². The van der Waals surface area contributed by atoms with Gasteiger partial charge in [-0.3, -0.25) is 0 Å². The Morgan fingerprint density at radius 3 is 2.75 bits per heavy atom. The van der Waals surface area contributed by atoms with Gasteiger partial charge in [0.15, 0.2) is 0 Å². The molecule has 2 rings (SSSR count). The lowest BCUT2D eigenvalue weighted by atomic mass is 10.1. The Morgan fingerprint density at radius 2 is 2.12 bits per heavy atom. The third-order valence-corrected chi connectivity index (χ3v) is 2.57. The first-order chi connectivity index (χ1) is 7.88. The molecule has 0 aliphatic carbocycles. The van der Waals surface area contributed by atoms with Crippen molar-refractivity contribution in [3.63, 3.8) is 0 Å². The highest BCUT2D eigenvalue weighted by atomic mass is 16.6. The summed E-state index contributed by atoms with van der Waals surface area (Å²) in [5.74, 6) is 0. The van der Waals surface area contributed by atoms with E-state index in [1.54, 1.807) is 7.11 Å². The van der Waals surface area contributed by atoms with Crippen molar-refractivity contribution in [2.24, 2.45) is 5.16 Å². The second-order valence-electron chi connectivity index (χ2n) is 3.79. The zero-order valence-electron chi connectivity index (χ0n) is 9.47. The second kappa shape index (κ2) is 5.35. The first-order valence-electron chi connectivity index (χ1n) is 5.44. The van der Waals surface area contributed by atoms with Crippen LogP contribution in [0.5, 0.6) is 0 Å². The molecule has 0 fully saturated rings. The fraction of sp³-hybridized carbons (Fsp3) is 0.308. The predicted octanol–water partition coefficient (Wildman–Crippen LogP) is 2.41. The van der Waals surface area contributed by atoms with Crippen molar-refractivity contribution in [3.8, 4) is 0 Å². The number of allylic oxidation sites excluding steroid dienone is 1. The van der Waals surface area contributed by atoms with Gasteiger partial charge in [-0.2, -0.15) is 0 Å². The summed E-state index contributed by atoms with van der Waals surface area (Å²) in [5, 5.41) is 3.93. The first-order valence-corrected chi connectivity index (χ1v) is 5.44. The summed E-state index contributed by atoms with van der Waals surface area (Å²) >= 11 is 0. The van der Waals surface area contributed by atoms with Gasteiger partial charge < -0.3 is 9.74 Å². The Kier molecular flexibility index (Phi) is 3.59. The molecule has 1 aromatic carbocycles. The molecule has 1 aliphatic heterocycles. The quantitative estimate of drug-likeness (QED) is 0.725. The van der Waals surface area contributed by atoms with Gasteiger partial charge in [-0.15, -0.1) is 0 Å². The van der Waals surface area contributed by atoms with Crippen molar-refractivity contribution in [1.82, 2.24) is 4.90 Å². The lowest BCUT2D eigenvalue weighted by Crippen LogP contribution is -2.24. The van der Waals surface area contributed by atoms with Gasteiger partial charge in [0.25, 0.3) is 0 Å². The van der Waals surface area contributed by atoms with Gasteiger partial charge in [0.05, 0.1) is 5.71 Å². The summed E-state index contributed by atoms with van der Waals surface area (Å²) in [6.07, 6.45) is 5.03. The van der Waals surface area contributed by atoms with Crippen LogP contribution in [-0.4, -0.2) is 24.3 Å².